The van der Waals surface area contributed by atoms with Crippen LogP contribution >= 0.6 is 0 Å². The van der Waals surface area contributed by atoms with Crippen molar-refractivity contribution in [2.75, 3.05) is 13.1 Å². The van der Waals surface area contributed by atoms with E-state index in [4.69, 9.17) is 11.0 Å². The van der Waals surface area contributed by atoms with Gasteiger partial charge in [0.1, 0.15) is 5.54 Å². The van der Waals surface area contributed by atoms with Gasteiger partial charge in [0.15, 0.2) is 0 Å². The van der Waals surface area contributed by atoms with Crippen LogP contribution in [0.15, 0.2) is 0 Å². The lowest BCUT2D eigenvalue weighted by Crippen LogP contribution is -2.51. The topological polar surface area (TPSA) is 53.0 Å². The summed E-state index contributed by atoms with van der Waals surface area (Å²) >= 11 is 0. The van der Waals surface area contributed by atoms with Crippen molar-refractivity contribution in [2.24, 2.45) is 11.7 Å². The normalized spacial score (nSPS) is 32.5. The van der Waals surface area contributed by atoms with Gasteiger partial charge in [0.05, 0.1) is 6.07 Å². The first-order valence-corrected chi connectivity index (χ1v) is 5.60. The van der Waals surface area contributed by atoms with Gasteiger partial charge in [-0.2, -0.15) is 5.26 Å². The van der Waals surface area contributed by atoms with Crippen molar-refractivity contribution in [3.05, 3.63) is 0 Å². The highest BCUT2D eigenvalue weighted by Crippen LogP contribution is 2.39. The van der Waals surface area contributed by atoms with E-state index in [2.05, 4.69) is 17.9 Å². The lowest BCUT2D eigenvalue weighted by atomic mass is 9.95. The minimum atomic E-state index is -0.571. The molecule has 1 aliphatic heterocycles. The molecule has 1 heterocycles. The van der Waals surface area contributed by atoms with Crippen LogP contribution < -0.4 is 5.73 Å². The van der Waals surface area contributed by atoms with Crippen molar-refractivity contribution in [1.82, 2.24) is 4.90 Å². The van der Waals surface area contributed by atoms with Gasteiger partial charge in [0.25, 0.3) is 0 Å². The number of hydrogen-bond donors (Lipinski definition) is 1. The largest absolute Gasteiger partial charge is 0.312 e. The summed E-state index contributed by atoms with van der Waals surface area (Å²) in [5.74, 6) is 0.459. The molecule has 1 aliphatic carbocycles. The standard InChI is InChI=1S/C11H19N3/c1-9-3-2-6-14(9)8-11(13,7-12)10-4-5-10/h9-10H,2-6,8,13H2,1H3. The first-order valence-electron chi connectivity index (χ1n) is 5.60. The average molecular weight is 193 g/mol. The molecule has 0 radical (unpaired) electrons. The molecule has 2 aliphatic rings. The van der Waals surface area contributed by atoms with E-state index in [1.165, 1.54) is 12.8 Å². The molecule has 0 aromatic heterocycles. The quantitative estimate of drug-likeness (QED) is 0.730. The highest BCUT2D eigenvalue weighted by Gasteiger charge is 2.44. The van der Waals surface area contributed by atoms with Crippen molar-refractivity contribution in [1.29, 1.82) is 5.26 Å². The molecule has 2 unspecified atom stereocenters. The molecule has 3 heteroatoms. The second-order valence-corrected chi connectivity index (χ2v) is 4.89. The van der Waals surface area contributed by atoms with Crippen molar-refractivity contribution in [3.63, 3.8) is 0 Å². The van der Waals surface area contributed by atoms with Crippen LogP contribution in [0.5, 0.6) is 0 Å². The molecule has 0 bridgehead atoms. The maximum absolute atomic E-state index is 9.14. The fourth-order valence-electron chi connectivity index (χ4n) is 2.42. The van der Waals surface area contributed by atoms with Crippen LogP contribution in [0.3, 0.4) is 0 Å². The van der Waals surface area contributed by atoms with Crippen LogP contribution in [0.25, 0.3) is 0 Å². The number of likely N-dealkylation sites (tertiary alicyclic amines) is 1. The lowest BCUT2D eigenvalue weighted by Gasteiger charge is -2.30. The van der Waals surface area contributed by atoms with Crippen LogP contribution in [-0.4, -0.2) is 29.6 Å². The van der Waals surface area contributed by atoms with Crippen LogP contribution in [0.1, 0.15) is 32.6 Å². The van der Waals surface area contributed by atoms with E-state index >= 15 is 0 Å². The Hall–Kier alpha value is -0.590. The van der Waals surface area contributed by atoms with E-state index in [0.717, 1.165) is 25.9 Å². The summed E-state index contributed by atoms with van der Waals surface area (Å²) in [6.07, 6.45) is 4.80. The molecular formula is C11H19N3. The molecule has 0 spiro atoms. The van der Waals surface area contributed by atoms with Crippen LogP contribution in [-0.2, 0) is 0 Å². The SMILES string of the molecule is CC1CCCN1CC(N)(C#N)C1CC1. The summed E-state index contributed by atoms with van der Waals surface area (Å²) in [5, 5.41) is 9.14. The van der Waals surface area contributed by atoms with Gasteiger partial charge in [0.2, 0.25) is 0 Å². The van der Waals surface area contributed by atoms with Crippen molar-refractivity contribution in [2.45, 2.75) is 44.2 Å². The summed E-state index contributed by atoms with van der Waals surface area (Å²) in [7, 11) is 0. The molecule has 0 aromatic rings. The summed E-state index contributed by atoms with van der Waals surface area (Å²) < 4.78 is 0. The molecule has 0 aromatic carbocycles. The monoisotopic (exact) mass is 193 g/mol. The summed E-state index contributed by atoms with van der Waals surface area (Å²) in [5.41, 5.74) is 5.57. The molecule has 2 rings (SSSR count). The molecular weight excluding hydrogens is 174 g/mol. The fourth-order valence-corrected chi connectivity index (χ4v) is 2.42. The van der Waals surface area contributed by atoms with E-state index in [1.54, 1.807) is 0 Å². The Morgan fingerprint density at radius 1 is 1.50 bits per heavy atom. The average Bonchev–Trinajstić information content (AvgIpc) is 2.95. The van der Waals surface area contributed by atoms with E-state index in [0.29, 0.717) is 12.0 Å². The third-order valence-corrected chi connectivity index (χ3v) is 3.67. The van der Waals surface area contributed by atoms with Gasteiger partial charge in [-0.15, -0.1) is 0 Å². The summed E-state index contributed by atoms with van der Waals surface area (Å²) in [6, 6.07) is 2.94. The molecule has 1 saturated heterocycles. The molecule has 2 N–H and O–H groups in total. The lowest BCUT2D eigenvalue weighted by molar-refractivity contribution is 0.216. The van der Waals surface area contributed by atoms with Crippen molar-refractivity contribution >= 4 is 0 Å². The zero-order chi connectivity index (χ0) is 10.2. The number of nitrogens with zero attached hydrogens (tertiary/aromatic N) is 2. The Kier molecular flexibility index (Phi) is 2.50. The Labute approximate surface area is 85.9 Å². The van der Waals surface area contributed by atoms with E-state index in [9.17, 15) is 0 Å². The first kappa shape index (κ1) is 9.95. The predicted octanol–water partition coefficient (Wildman–Crippen LogP) is 1.10. The Balaban J connectivity index is 1.97. The molecule has 0 amide bonds. The highest BCUT2D eigenvalue weighted by atomic mass is 15.2. The highest BCUT2D eigenvalue weighted by molar-refractivity contribution is 5.15. The minimum Gasteiger partial charge on any atom is -0.312 e. The molecule has 14 heavy (non-hydrogen) atoms. The van der Waals surface area contributed by atoms with Gasteiger partial charge in [-0.3, -0.25) is 4.90 Å². The van der Waals surface area contributed by atoms with Gasteiger partial charge in [-0.05, 0) is 45.1 Å². The van der Waals surface area contributed by atoms with Crippen LogP contribution in [0, 0.1) is 17.2 Å². The summed E-state index contributed by atoms with van der Waals surface area (Å²) in [4.78, 5) is 2.38. The number of nitrogens with two attached hydrogens (primary N) is 1. The fraction of sp³-hybridized carbons (Fsp3) is 0.909. The van der Waals surface area contributed by atoms with Gasteiger partial charge in [-0.1, -0.05) is 0 Å². The Morgan fingerprint density at radius 3 is 2.64 bits per heavy atom. The zero-order valence-corrected chi connectivity index (χ0v) is 8.87. The van der Waals surface area contributed by atoms with E-state index < -0.39 is 5.54 Å². The molecule has 1 saturated carbocycles. The first-order chi connectivity index (χ1) is 6.65. The maximum Gasteiger partial charge on any atom is 0.119 e. The van der Waals surface area contributed by atoms with Crippen LogP contribution in [0.2, 0.25) is 0 Å². The summed E-state index contributed by atoms with van der Waals surface area (Å²) in [6.45, 7) is 4.13. The second kappa shape index (κ2) is 3.52. The predicted molar refractivity (Wildman–Crippen MR) is 55.5 cm³/mol. The van der Waals surface area contributed by atoms with E-state index in [-0.39, 0.29) is 0 Å². The van der Waals surface area contributed by atoms with E-state index in [1.807, 2.05) is 0 Å². The Bertz CT molecular complexity index is 254. The van der Waals surface area contributed by atoms with Crippen molar-refractivity contribution in [3.8, 4) is 6.07 Å². The number of rotatable bonds is 3. The van der Waals surface area contributed by atoms with Gasteiger partial charge >= 0.3 is 0 Å². The van der Waals surface area contributed by atoms with Crippen LogP contribution in [0.4, 0.5) is 0 Å². The number of nitriles is 1. The zero-order valence-electron chi connectivity index (χ0n) is 8.87. The van der Waals surface area contributed by atoms with Crippen molar-refractivity contribution < 1.29 is 0 Å². The third kappa shape index (κ3) is 1.77. The van der Waals surface area contributed by atoms with Gasteiger partial charge in [0, 0.05) is 12.6 Å². The Morgan fingerprint density at radius 2 is 2.21 bits per heavy atom. The van der Waals surface area contributed by atoms with Gasteiger partial charge < -0.3 is 5.73 Å². The number of hydrogen-bond acceptors (Lipinski definition) is 3. The maximum atomic E-state index is 9.14. The minimum absolute atomic E-state index is 0.459. The smallest absolute Gasteiger partial charge is 0.119 e. The molecule has 78 valence electrons. The molecule has 3 nitrogen and oxygen atoms in total. The van der Waals surface area contributed by atoms with Gasteiger partial charge in [-0.25, -0.2) is 0 Å². The second-order valence-electron chi connectivity index (χ2n) is 4.89. The molecule has 2 fully saturated rings. The molecule has 2 atom stereocenters. The third-order valence-electron chi connectivity index (χ3n) is 3.67.